The predicted octanol–water partition coefficient (Wildman–Crippen LogP) is 5.57. The van der Waals surface area contributed by atoms with Crippen molar-refractivity contribution in [3.8, 4) is 29.0 Å². The van der Waals surface area contributed by atoms with Crippen LogP contribution in [0.25, 0.3) is 0 Å². The minimum Gasteiger partial charge on any atom is -0.504 e. The number of rotatable bonds is 13. The van der Waals surface area contributed by atoms with Crippen LogP contribution in [0.15, 0.2) is 47.5 Å². The van der Waals surface area contributed by atoms with Gasteiger partial charge in [0.1, 0.15) is 28.6 Å². The number of likely N-dealkylation sites (N-methyl/N-ethyl adjacent to an activating group) is 1. The van der Waals surface area contributed by atoms with Crippen LogP contribution in [-0.4, -0.2) is 71.5 Å². The fraction of sp³-hybridized carbons (Fsp3) is 0.375. The number of benzene rings is 2. The summed E-state index contributed by atoms with van der Waals surface area (Å²) in [6, 6.07) is 10.6. The van der Waals surface area contributed by atoms with E-state index in [1.165, 1.54) is 36.9 Å². The van der Waals surface area contributed by atoms with Crippen molar-refractivity contribution in [3.63, 3.8) is 0 Å². The van der Waals surface area contributed by atoms with Gasteiger partial charge in [-0.3, -0.25) is 10.4 Å². The zero-order chi connectivity index (χ0) is 32.9. The molecule has 1 aromatic heterocycles. The van der Waals surface area contributed by atoms with Gasteiger partial charge in [-0.25, -0.2) is 4.79 Å². The first kappa shape index (κ1) is 33.0. The molecule has 240 valence electrons. The summed E-state index contributed by atoms with van der Waals surface area (Å²) < 4.78 is 49.8. The molecule has 0 radical (unpaired) electrons. The Morgan fingerprint density at radius 3 is 2.47 bits per heavy atom. The molecule has 1 aliphatic rings. The number of hydrogen-bond donors (Lipinski definition) is 3. The molecule has 0 saturated carbocycles. The van der Waals surface area contributed by atoms with Crippen LogP contribution in [0.3, 0.4) is 0 Å². The van der Waals surface area contributed by atoms with Crippen molar-refractivity contribution in [1.82, 2.24) is 9.88 Å². The summed E-state index contributed by atoms with van der Waals surface area (Å²) >= 11 is 0. The van der Waals surface area contributed by atoms with Gasteiger partial charge in [-0.05, 0) is 57.5 Å². The Labute approximate surface area is 260 Å². The number of aliphatic imine (C=N–C) groups is 1. The van der Waals surface area contributed by atoms with Gasteiger partial charge in [-0.2, -0.15) is 13.8 Å². The molecular weight excluding hydrogens is 586 g/mol. The molecule has 0 bridgehead atoms. The number of amidine groups is 2. The molecule has 2 heterocycles. The number of anilines is 1. The fourth-order valence-corrected chi connectivity index (χ4v) is 4.79. The normalized spacial score (nSPS) is 13.0. The van der Waals surface area contributed by atoms with Crippen molar-refractivity contribution in [1.29, 1.82) is 5.41 Å². The Balaban J connectivity index is 1.89. The molecule has 3 aromatic rings. The number of pyridine rings is 1. The van der Waals surface area contributed by atoms with Crippen LogP contribution in [0.1, 0.15) is 51.7 Å². The zero-order valence-electron chi connectivity index (χ0n) is 26.0. The number of nitrogens with one attached hydrogen (secondary N) is 1. The summed E-state index contributed by atoms with van der Waals surface area (Å²) in [5.74, 6) is -4.56. The first-order valence-electron chi connectivity index (χ1n) is 14.6. The van der Waals surface area contributed by atoms with Crippen molar-refractivity contribution < 1.29 is 32.9 Å². The summed E-state index contributed by atoms with van der Waals surface area (Å²) in [7, 11) is 1.91. The quantitative estimate of drug-likeness (QED) is 0.126. The molecule has 11 nitrogen and oxygen atoms in total. The van der Waals surface area contributed by atoms with E-state index >= 15 is 8.78 Å². The predicted molar refractivity (Wildman–Crippen MR) is 167 cm³/mol. The standard InChI is InChI=1S/C32H38F2N6O5/c1-6-8-15-40(32(3,4)31(42)43-7-2)26-24(33)29(44-21-11-9-10-20(17-21)28-37-14-16-39(28)5)38-30(25(26)34)45-23-18-19(27(35)36)12-13-22(23)41/h9-13,17-18,41H,6-8,14-16H2,1-5H3,(H3,35,36). The highest BCUT2D eigenvalue weighted by Crippen LogP contribution is 2.42. The number of aromatic hydroxyl groups is 1. The minimum absolute atomic E-state index is 0.0660. The topological polar surface area (TPSA) is 147 Å². The van der Waals surface area contributed by atoms with Gasteiger partial charge in [0.05, 0.1) is 13.2 Å². The largest absolute Gasteiger partial charge is 0.504 e. The van der Waals surface area contributed by atoms with Crippen LogP contribution in [0.2, 0.25) is 0 Å². The highest BCUT2D eigenvalue weighted by atomic mass is 19.1. The number of phenols is 1. The molecule has 0 aliphatic carbocycles. The molecule has 0 unspecified atom stereocenters. The first-order valence-corrected chi connectivity index (χ1v) is 14.6. The van der Waals surface area contributed by atoms with Crippen molar-refractivity contribution in [2.75, 3.05) is 38.2 Å². The number of aromatic nitrogens is 1. The number of hydrogen-bond acceptors (Lipinski definition) is 10. The maximum absolute atomic E-state index is 16.5. The van der Waals surface area contributed by atoms with Gasteiger partial charge in [0.25, 0.3) is 11.8 Å². The average Bonchev–Trinajstić information content (AvgIpc) is 3.44. The Hall–Kier alpha value is -4.94. The smallest absolute Gasteiger partial charge is 0.331 e. The molecule has 1 aliphatic heterocycles. The average molecular weight is 625 g/mol. The molecule has 13 heteroatoms. The number of nitrogen functional groups attached to an aromatic ring is 1. The van der Waals surface area contributed by atoms with E-state index in [0.717, 1.165) is 17.9 Å². The molecule has 2 aromatic carbocycles. The molecule has 0 atom stereocenters. The maximum atomic E-state index is 16.5. The number of carbonyl (C=O) groups excluding carboxylic acids is 1. The summed E-state index contributed by atoms with van der Waals surface area (Å²) in [6.45, 7) is 8.08. The van der Waals surface area contributed by atoms with Crippen LogP contribution in [-0.2, 0) is 9.53 Å². The van der Waals surface area contributed by atoms with E-state index in [1.807, 2.05) is 24.9 Å². The third-order valence-electron chi connectivity index (χ3n) is 7.29. The molecule has 0 fully saturated rings. The molecule has 45 heavy (non-hydrogen) atoms. The lowest BCUT2D eigenvalue weighted by Gasteiger charge is -2.38. The SMILES string of the molecule is CCCCN(c1c(F)c(Oc2cccc(C3=NCCN3C)c2)nc(Oc2cc(C(=N)N)ccc2O)c1F)C(C)(C)C(=O)OCC. The Morgan fingerprint density at radius 1 is 1.13 bits per heavy atom. The Kier molecular flexibility index (Phi) is 10.1. The summed E-state index contributed by atoms with van der Waals surface area (Å²) in [5, 5.41) is 18.2. The van der Waals surface area contributed by atoms with E-state index in [9.17, 15) is 9.90 Å². The van der Waals surface area contributed by atoms with Crippen LogP contribution in [0.4, 0.5) is 14.5 Å². The lowest BCUT2D eigenvalue weighted by molar-refractivity contribution is -0.148. The second-order valence-electron chi connectivity index (χ2n) is 10.9. The van der Waals surface area contributed by atoms with Crippen molar-refractivity contribution >= 4 is 23.3 Å². The van der Waals surface area contributed by atoms with E-state index in [2.05, 4.69) is 9.98 Å². The highest BCUT2D eigenvalue weighted by Gasteiger charge is 2.41. The number of phenolic OH excluding ortho intramolecular Hbond substituents is 1. The number of esters is 1. The van der Waals surface area contributed by atoms with Crippen LogP contribution in [0.5, 0.6) is 29.0 Å². The molecule has 4 rings (SSSR count). The Morgan fingerprint density at radius 2 is 1.84 bits per heavy atom. The van der Waals surface area contributed by atoms with Crippen molar-refractivity contribution in [3.05, 3.63) is 65.2 Å². The number of carbonyl (C=O) groups is 1. The molecule has 0 spiro atoms. The number of unbranched alkanes of at least 4 members (excludes halogenated alkanes) is 1. The molecular formula is C32H38F2N6O5. The van der Waals surface area contributed by atoms with Gasteiger partial charge in [0.2, 0.25) is 11.6 Å². The van der Waals surface area contributed by atoms with E-state index in [1.54, 1.807) is 25.1 Å². The van der Waals surface area contributed by atoms with E-state index in [0.29, 0.717) is 19.4 Å². The summed E-state index contributed by atoms with van der Waals surface area (Å²) in [4.78, 5) is 24.9. The van der Waals surface area contributed by atoms with Crippen LogP contribution >= 0.6 is 0 Å². The van der Waals surface area contributed by atoms with Crippen molar-refractivity contribution in [2.24, 2.45) is 10.7 Å². The monoisotopic (exact) mass is 624 g/mol. The summed E-state index contributed by atoms with van der Waals surface area (Å²) in [5.41, 5.74) is 4.35. The Bertz CT molecular complexity index is 1610. The lowest BCUT2D eigenvalue weighted by Crippen LogP contribution is -2.52. The zero-order valence-corrected chi connectivity index (χ0v) is 26.0. The third kappa shape index (κ3) is 7.08. The maximum Gasteiger partial charge on any atom is 0.331 e. The third-order valence-corrected chi connectivity index (χ3v) is 7.29. The number of ether oxygens (including phenoxy) is 3. The number of halogens is 2. The molecule has 0 amide bonds. The van der Waals surface area contributed by atoms with E-state index in [4.69, 9.17) is 25.4 Å². The fourth-order valence-electron chi connectivity index (χ4n) is 4.79. The molecule has 0 saturated heterocycles. The van der Waals surface area contributed by atoms with Crippen molar-refractivity contribution in [2.45, 2.75) is 46.1 Å². The minimum atomic E-state index is -1.52. The van der Waals surface area contributed by atoms with Gasteiger partial charge in [-0.15, -0.1) is 0 Å². The van der Waals surface area contributed by atoms with Crippen LogP contribution < -0.4 is 20.1 Å². The number of nitrogens with two attached hydrogens (primary N) is 1. The van der Waals surface area contributed by atoms with Gasteiger partial charge in [-0.1, -0.05) is 25.5 Å². The van der Waals surface area contributed by atoms with Crippen LogP contribution in [0, 0.1) is 17.0 Å². The first-order chi connectivity index (χ1) is 21.4. The van der Waals surface area contributed by atoms with Gasteiger partial charge >= 0.3 is 5.97 Å². The molecule has 4 N–H and O–H groups in total. The van der Waals surface area contributed by atoms with Gasteiger partial charge in [0, 0.05) is 31.3 Å². The number of nitrogens with zero attached hydrogens (tertiary/aromatic N) is 4. The van der Waals surface area contributed by atoms with Gasteiger partial charge < -0.3 is 34.9 Å². The second-order valence-corrected chi connectivity index (χ2v) is 10.9. The summed E-state index contributed by atoms with van der Waals surface area (Å²) in [6.07, 6.45) is 1.14. The van der Waals surface area contributed by atoms with E-state index < -0.39 is 46.3 Å². The lowest BCUT2D eigenvalue weighted by atomic mass is 10.0. The van der Waals surface area contributed by atoms with Gasteiger partial charge in [0.15, 0.2) is 11.5 Å². The highest BCUT2D eigenvalue weighted by molar-refractivity contribution is 6.00. The van der Waals surface area contributed by atoms with E-state index in [-0.39, 0.29) is 36.0 Å². The second kappa shape index (κ2) is 13.8.